The summed E-state index contributed by atoms with van der Waals surface area (Å²) in [6.45, 7) is 3.98. The maximum atomic E-state index is 11.7. The molecule has 106 valence electrons. The number of Topliss-reactive ketones (excluding diaryl/α,β-unsaturated/α-hetero) is 1. The van der Waals surface area contributed by atoms with Gasteiger partial charge in [0.1, 0.15) is 11.5 Å². The molecule has 0 N–H and O–H groups in total. The molecular formula is C13H16N4O3. The van der Waals surface area contributed by atoms with Gasteiger partial charge < -0.3 is 9.26 Å². The number of methoxy groups -OCH3 is 1. The highest BCUT2D eigenvalue weighted by Gasteiger charge is 2.14. The molecule has 0 radical (unpaired) electrons. The number of hydrogen-bond acceptors (Lipinski definition) is 7. The van der Waals surface area contributed by atoms with E-state index in [1.54, 1.807) is 12.1 Å². The molecule has 7 nitrogen and oxygen atoms in total. The summed E-state index contributed by atoms with van der Waals surface area (Å²) in [5.41, 5.74) is 0.470. The third-order valence-corrected chi connectivity index (χ3v) is 2.53. The molecule has 0 amide bonds. The number of nitrogens with zero attached hydrogens (tertiary/aromatic N) is 4. The fourth-order valence-corrected chi connectivity index (χ4v) is 1.68. The van der Waals surface area contributed by atoms with Gasteiger partial charge in [-0.05, 0) is 12.0 Å². The molecule has 2 rings (SSSR count). The van der Waals surface area contributed by atoms with Gasteiger partial charge in [-0.3, -0.25) is 4.79 Å². The second-order valence-corrected chi connectivity index (χ2v) is 4.79. The second-order valence-electron chi connectivity index (χ2n) is 4.79. The largest absolute Gasteiger partial charge is 0.480 e. The smallest absolute Gasteiger partial charge is 0.234 e. The molecule has 0 unspecified atom stereocenters. The lowest BCUT2D eigenvalue weighted by atomic mass is 10.1. The molecule has 0 spiro atoms. The van der Waals surface area contributed by atoms with Gasteiger partial charge in [0.15, 0.2) is 0 Å². The first-order valence-corrected chi connectivity index (χ1v) is 6.31. The van der Waals surface area contributed by atoms with Crippen LogP contribution in [0.5, 0.6) is 5.88 Å². The van der Waals surface area contributed by atoms with Crippen molar-refractivity contribution in [3.8, 4) is 17.4 Å². The lowest BCUT2D eigenvalue weighted by Crippen LogP contribution is -2.06. The summed E-state index contributed by atoms with van der Waals surface area (Å²) in [6.07, 6.45) is 0.648. The van der Waals surface area contributed by atoms with E-state index in [0.717, 1.165) is 0 Å². The zero-order chi connectivity index (χ0) is 14.5. The van der Waals surface area contributed by atoms with Gasteiger partial charge in [0.2, 0.25) is 17.6 Å². The molecule has 20 heavy (non-hydrogen) atoms. The van der Waals surface area contributed by atoms with Gasteiger partial charge >= 0.3 is 0 Å². The summed E-state index contributed by atoms with van der Waals surface area (Å²) in [7, 11) is 1.51. The average Bonchev–Trinajstić information content (AvgIpc) is 2.86. The van der Waals surface area contributed by atoms with Crippen LogP contribution >= 0.6 is 0 Å². The normalized spacial score (nSPS) is 10.8. The molecule has 2 aromatic heterocycles. The van der Waals surface area contributed by atoms with E-state index in [9.17, 15) is 4.79 Å². The van der Waals surface area contributed by atoms with Crippen LogP contribution in [0.15, 0.2) is 16.7 Å². The van der Waals surface area contributed by atoms with Gasteiger partial charge in [-0.15, -0.1) is 10.2 Å². The average molecular weight is 276 g/mol. The van der Waals surface area contributed by atoms with Crippen molar-refractivity contribution in [1.82, 2.24) is 20.3 Å². The number of rotatable bonds is 6. The maximum absolute atomic E-state index is 11.7. The number of aromatic nitrogens is 4. The first-order valence-electron chi connectivity index (χ1n) is 6.31. The summed E-state index contributed by atoms with van der Waals surface area (Å²) in [5, 5.41) is 11.5. The van der Waals surface area contributed by atoms with E-state index in [1.165, 1.54) is 7.11 Å². The van der Waals surface area contributed by atoms with Crippen LogP contribution < -0.4 is 4.74 Å². The topological polar surface area (TPSA) is 91.0 Å². The van der Waals surface area contributed by atoms with Crippen molar-refractivity contribution in [2.45, 2.75) is 26.7 Å². The Morgan fingerprint density at radius 2 is 2.15 bits per heavy atom. The van der Waals surface area contributed by atoms with Crippen molar-refractivity contribution in [1.29, 1.82) is 0 Å². The summed E-state index contributed by atoms with van der Waals surface area (Å²) in [4.78, 5) is 15.8. The number of ketones is 1. The van der Waals surface area contributed by atoms with Crippen molar-refractivity contribution < 1.29 is 14.1 Å². The van der Waals surface area contributed by atoms with Gasteiger partial charge in [0.05, 0.1) is 13.5 Å². The van der Waals surface area contributed by atoms with E-state index >= 15 is 0 Å². The van der Waals surface area contributed by atoms with E-state index in [-0.39, 0.29) is 12.2 Å². The van der Waals surface area contributed by atoms with E-state index < -0.39 is 0 Å². The quantitative estimate of drug-likeness (QED) is 0.792. The number of hydrogen-bond donors (Lipinski definition) is 0. The number of ether oxygens (including phenoxy) is 1. The van der Waals surface area contributed by atoms with Crippen molar-refractivity contribution in [2.24, 2.45) is 5.92 Å². The summed E-state index contributed by atoms with van der Waals surface area (Å²) < 4.78 is 9.96. The first-order chi connectivity index (χ1) is 9.58. The molecule has 0 aliphatic carbocycles. The van der Waals surface area contributed by atoms with Crippen LogP contribution in [0.3, 0.4) is 0 Å². The zero-order valence-electron chi connectivity index (χ0n) is 11.7. The summed E-state index contributed by atoms with van der Waals surface area (Å²) in [5.74, 6) is 1.41. The minimum atomic E-state index is 0.0796. The SMILES string of the molecule is COc1ccc(-c2noc(CC(=O)CC(C)C)n2)nn1. The Morgan fingerprint density at radius 3 is 2.75 bits per heavy atom. The Hall–Kier alpha value is -2.31. The molecule has 0 saturated carbocycles. The predicted molar refractivity (Wildman–Crippen MR) is 70.0 cm³/mol. The van der Waals surface area contributed by atoms with Crippen LogP contribution in [0.25, 0.3) is 11.5 Å². The Balaban J connectivity index is 2.06. The summed E-state index contributed by atoms with van der Waals surface area (Å²) in [6, 6.07) is 3.33. The highest BCUT2D eigenvalue weighted by atomic mass is 16.5. The van der Waals surface area contributed by atoms with Crippen LogP contribution in [0.4, 0.5) is 0 Å². The lowest BCUT2D eigenvalue weighted by molar-refractivity contribution is -0.119. The first kappa shape index (κ1) is 14.1. The fourth-order valence-electron chi connectivity index (χ4n) is 1.68. The van der Waals surface area contributed by atoms with Crippen molar-refractivity contribution in [3.63, 3.8) is 0 Å². The van der Waals surface area contributed by atoms with E-state index in [4.69, 9.17) is 9.26 Å². The standard InChI is InChI=1S/C13H16N4O3/c1-8(2)6-9(18)7-12-14-13(17-20-12)10-4-5-11(19-3)16-15-10/h4-5,8H,6-7H2,1-3H3. The van der Waals surface area contributed by atoms with Crippen LogP contribution in [-0.2, 0) is 11.2 Å². The molecule has 7 heteroatoms. The van der Waals surface area contributed by atoms with Gasteiger partial charge in [-0.1, -0.05) is 19.0 Å². The number of carbonyl (C=O) groups is 1. The van der Waals surface area contributed by atoms with Crippen molar-refractivity contribution in [3.05, 3.63) is 18.0 Å². The highest BCUT2D eigenvalue weighted by molar-refractivity contribution is 5.80. The minimum Gasteiger partial charge on any atom is -0.480 e. The Morgan fingerprint density at radius 1 is 1.35 bits per heavy atom. The molecule has 0 aromatic carbocycles. The molecular weight excluding hydrogens is 260 g/mol. The third-order valence-electron chi connectivity index (χ3n) is 2.53. The molecule has 0 bridgehead atoms. The lowest BCUT2D eigenvalue weighted by Gasteiger charge is -2.00. The number of carbonyl (C=O) groups excluding carboxylic acids is 1. The van der Waals surface area contributed by atoms with E-state index in [1.807, 2.05) is 13.8 Å². The molecule has 2 aromatic rings. The maximum Gasteiger partial charge on any atom is 0.234 e. The third kappa shape index (κ3) is 3.59. The highest BCUT2D eigenvalue weighted by Crippen LogP contribution is 2.15. The molecule has 0 saturated heterocycles. The Kier molecular flexibility index (Phi) is 4.39. The van der Waals surface area contributed by atoms with Crippen molar-refractivity contribution in [2.75, 3.05) is 7.11 Å². The monoisotopic (exact) mass is 276 g/mol. The molecule has 2 heterocycles. The zero-order valence-corrected chi connectivity index (χ0v) is 11.7. The van der Waals surface area contributed by atoms with Crippen LogP contribution in [0.1, 0.15) is 26.2 Å². The predicted octanol–water partition coefficient (Wildman–Crippen LogP) is 1.69. The van der Waals surface area contributed by atoms with Crippen LogP contribution in [0.2, 0.25) is 0 Å². The second kappa shape index (κ2) is 6.23. The summed E-state index contributed by atoms with van der Waals surface area (Å²) >= 11 is 0. The molecule has 0 aliphatic heterocycles. The van der Waals surface area contributed by atoms with Gasteiger partial charge in [0, 0.05) is 12.5 Å². The van der Waals surface area contributed by atoms with Crippen LogP contribution in [-0.4, -0.2) is 33.2 Å². The van der Waals surface area contributed by atoms with Gasteiger partial charge in [-0.2, -0.15) is 4.98 Å². The van der Waals surface area contributed by atoms with Crippen molar-refractivity contribution >= 4 is 5.78 Å². The Bertz CT molecular complexity index is 578. The fraction of sp³-hybridized carbons (Fsp3) is 0.462. The van der Waals surface area contributed by atoms with E-state index in [2.05, 4.69) is 20.3 Å². The van der Waals surface area contributed by atoms with Crippen LogP contribution in [0, 0.1) is 5.92 Å². The van der Waals surface area contributed by atoms with Gasteiger partial charge in [-0.25, -0.2) is 0 Å². The Labute approximate surface area is 116 Å². The molecule has 0 atom stereocenters. The molecule has 0 fully saturated rings. The minimum absolute atomic E-state index is 0.0796. The molecule has 0 aliphatic rings. The van der Waals surface area contributed by atoms with Gasteiger partial charge in [0.25, 0.3) is 0 Å². The van der Waals surface area contributed by atoms with E-state index in [0.29, 0.717) is 35.6 Å².